The fraction of sp³-hybridized carbons (Fsp3) is 0.600. The van der Waals surface area contributed by atoms with Crippen LogP contribution in [-0.2, 0) is 0 Å². The van der Waals surface area contributed by atoms with Gasteiger partial charge < -0.3 is 10.1 Å². The Labute approximate surface area is 110 Å². The molecule has 1 heterocycles. The third-order valence-corrected chi connectivity index (χ3v) is 3.62. The second kappa shape index (κ2) is 6.21. The van der Waals surface area contributed by atoms with Gasteiger partial charge in [0.05, 0.1) is 0 Å². The minimum atomic E-state index is 0.583. The molecule has 18 heavy (non-hydrogen) atoms. The number of hydrogen-bond acceptors (Lipinski definition) is 3. The molecule has 0 spiro atoms. The largest absolute Gasteiger partial charge is 0.492 e. The van der Waals surface area contributed by atoms with E-state index < -0.39 is 0 Å². The molecule has 0 aliphatic carbocycles. The van der Waals surface area contributed by atoms with Gasteiger partial charge in [-0.2, -0.15) is 0 Å². The first-order chi connectivity index (χ1) is 8.66. The highest BCUT2D eigenvalue weighted by atomic mass is 16.5. The zero-order valence-electron chi connectivity index (χ0n) is 11.6. The molecule has 3 heteroatoms. The Bertz CT molecular complexity index is 381. The molecule has 1 saturated heterocycles. The molecule has 1 N–H and O–H groups in total. The van der Waals surface area contributed by atoms with Crippen LogP contribution in [0.3, 0.4) is 0 Å². The highest BCUT2D eigenvalue weighted by molar-refractivity contribution is 5.31. The van der Waals surface area contributed by atoms with Gasteiger partial charge in [-0.25, -0.2) is 0 Å². The number of piperazine rings is 1. The van der Waals surface area contributed by atoms with Gasteiger partial charge in [0.15, 0.2) is 0 Å². The Hall–Kier alpha value is -1.06. The zero-order valence-corrected chi connectivity index (χ0v) is 11.6. The van der Waals surface area contributed by atoms with E-state index in [9.17, 15) is 0 Å². The standard InChI is InChI=1S/C15H24N2O/c1-12-6-4-5-7-15(12)18-9-8-17-11-13(2)16-10-14(17)3/h4-7,13-14,16H,8-11H2,1-3H3. The van der Waals surface area contributed by atoms with Gasteiger partial charge in [-0.05, 0) is 32.4 Å². The summed E-state index contributed by atoms with van der Waals surface area (Å²) in [6.07, 6.45) is 0. The molecule has 3 nitrogen and oxygen atoms in total. The Morgan fingerprint density at radius 3 is 2.89 bits per heavy atom. The predicted octanol–water partition coefficient (Wildman–Crippen LogP) is 2.06. The van der Waals surface area contributed by atoms with Crippen molar-refractivity contribution in [3.63, 3.8) is 0 Å². The van der Waals surface area contributed by atoms with Crippen LogP contribution >= 0.6 is 0 Å². The van der Waals surface area contributed by atoms with Crippen molar-refractivity contribution in [2.75, 3.05) is 26.2 Å². The van der Waals surface area contributed by atoms with Crippen LogP contribution < -0.4 is 10.1 Å². The highest BCUT2D eigenvalue weighted by Gasteiger charge is 2.21. The molecule has 1 aliphatic heterocycles. The van der Waals surface area contributed by atoms with E-state index in [0.29, 0.717) is 12.1 Å². The SMILES string of the molecule is Cc1ccccc1OCCN1CC(C)NCC1C. The second-order valence-corrected chi connectivity index (χ2v) is 5.27. The lowest BCUT2D eigenvalue weighted by atomic mass is 10.1. The lowest BCUT2D eigenvalue weighted by molar-refractivity contribution is 0.122. The summed E-state index contributed by atoms with van der Waals surface area (Å²) in [4.78, 5) is 2.50. The Balaban J connectivity index is 1.79. The maximum atomic E-state index is 5.86. The van der Waals surface area contributed by atoms with Crippen LogP contribution in [0.1, 0.15) is 19.4 Å². The average molecular weight is 248 g/mol. The molecule has 2 rings (SSSR count). The third kappa shape index (κ3) is 3.47. The lowest BCUT2D eigenvalue weighted by Crippen LogP contribution is -2.55. The number of nitrogens with zero attached hydrogens (tertiary/aromatic N) is 1. The van der Waals surface area contributed by atoms with Gasteiger partial charge in [-0.3, -0.25) is 4.90 Å². The molecule has 0 amide bonds. The quantitative estimate of drug-likeness (QED) is 0.882. The number of para-hydroxylation sites is 1. The van der Waals surface area contributed by atoms with Crippen molar-refractivity contribution in [1.29, 1.82) is 0 Å². The first-order valence-corrected chi connectivity index (χ1v) is 6.82. The van der Waals surface area contributed by atoms with Gasteiger partial charge in [0, 0.05) is 31.7 Å². The molecule has 1 aromatic rings. The minimum absolute atomic E-state index is 0.583. The molecular weight excluding hydrogens is 224 g/mol. The second-order valence-electron chi connectivity index (χ2n) is 5.27. The first kappa shape index (κ1) is 13.4. The number of hydrogen-bond donors (Lipinski definition) is 1. The van der Waals surface area contributed by atoms with Gasteiger partial charge in [-0.1, -0.05) is 18.2 Å². The van der Waals surface area contributed by atoms with Crippen molar-refractivity contribution in [2.45, 2.75) is 32.9 Å². The van der Waals surface area contributed by atoms with Crippen molar-refractivity contribution in [3.05, 3.63) is 29.8 Å². The maximum absolute atomic E-state index is 5.86. The average Bonchev–Trinajstić information content (AvgIpc) is 2.36. The number of nitrogens with one attached hydrogen (secondary N) is 1. The zero-order chi connectivity index (χ0) is 13.0. The molecule has 0 saturated carbocycles. The topological polar surface area (TPSA) is 24.5 Å². The van der Waals surface area contributed by atoms with E-state index in [4.69, 9.17) is 4.74 Å². The van der Waals surface area contributed by atoms with Crippen molar-refractivity contribution in [3.8, 4) is 5.75 Å². The fourth-order valence-corrected chi connectivity index (χ4v) is 2.40. The molecule has 0 aromatic heterocycles. The summed E-state index contributed by atoms with van der Waals surface area (Å²) in [6, 6.07) is 9.38. The van der Waals surface area contributed by atoms with Crippen LogP contribution in [-0.4, -0.2) is 43.2 Å². The third-order valence-electron chi connectivity index (χ3n) is 3.62. The van der Waals surface area contributed by atoms with Crippen molar-refractivity contribution < 1.29 is 4.74 Å². The predicted molar refractivity (Wildman–Crippen MR) is 75.2 cm³/mol. The number of ether oxygens (including phenoxy) is 1. The number of aryl methyl sites for hydroxylation is 1. The van der Waals surface area contributed by atoms with Crippen LogP contribution in [0.5, 0.6) is 5.75 Å². The molecular formula is C15H24N2O. The monoisotopic (exact) mass is 248 g/mol. The molecule has 2 atom stereocenters. The van der Waals surface area contributed by atoms with Gasteiger partial charge in [0.2, 0.25) is 0 Å². The molecule has 1 fully saturated rings. The van der Waals surface area contributed by atoms with Crippen molar-refractivity contribution >= 4 is 0 Å². The van der Waals surface area contributed by atoms with Crippen molar-refractivity contribution in [1.82, 2.24) is 10.2 Å². The van der Waals surface area contributed by atoms with Crippen LogP contribution in [0, 0.1) is 6.92 Å². The van der Waals surface area contributed by atoms with E-state index in [-0.39, 0.29) is 0 Å². The molecule has 0 radical (unpaired) electrons. The molecule has 1 aliphatic rings. The van der Waals surface area contributed by atoms with E-state index in [1.807, 2.05) is 18.2 Å². The van der Waals surface area contributed by atoms with Crippen LogP contribution in [0.25, 0.3) is 0 Å². The summed E-state index contributed by atoms with van der Waals surface area (Å²) in [7, 11) is 0. The van der Waals surface area contributed by atoms with E-state index in [1.54, 1.807) is 0 Å². The normalized spacial score (nSPS) is 25.1. The first-order valence-electron chi connectivity index (χ1n) is 6.82. The Kier molecular flexibility index (Phi) is 4.61. The van der Waals surface area contributed by atoms with E-state index in [2.05, 4.69) is 37.1 Å². The maximum Gasteiger partial charge on any atom is 0.122 e. The van der Waals surface area contributed by atoms with Gasteiger partial charge in [0.25, 0.3) is 0 Å². The van der Waals surface area contributed by atoms with Crippen LogP contribution in [0.15, 0.2) is 24.3 Å². The fourth-order valence-electron chi connectivity index (χ4n) is 2.40. The highest BCUT2D eigenvalue weighted by Crippen LogP contribution is 2.16. The molecule has 2 unspecified atom stereocenters. The smallest absolute Gasteiger partial charge is 0.122 e. The molecule has 1 aromatic carbocycles. The summed E-state index contributed by atoms with van der Waals surface area (Å²) in [5.41, 5.74) is 1.21. The lowest BCUT2D eigenvalue weighted by Gasteiger charge is -2.37. The Morgan fingerprint density at radius 2 is 2.11 bits per heavy atom. The summed E-state index contributed by atoms with van der Waals surface area (Å²) in [5.74, 6) is 1.01. The van der Waals surface area contributed by atoms with Crippen LogP contribution in [0.2, 0.25) is 0 Å². The van der Waals surface area contributed by atoms with E-state index in [1.165, 1.54) is 5.56 Å². The molecule has 0 bridgehead atoms. The summed E-state index contributed by atoms with van der Waals surface area (Å²) in [6.45, 7) is 10.5. The molecule has 100 valence electrons. The van der Waals surface area contributed by atoms with E-state index >= 15 is 0 Å². The number of rotatable bonds is 4. The summed E-state index contributed by atoms with van der Waals surface area (Å²) in [5, 5.41) is 3.50. The van der Waals surface area contributed by atoms with E-state index in [0.717, 1.165) is 32.0 Å². The summed E-state index contributed by atoms with van der Waals surface area (Å²) < 4.78 is 5.86. The number of benzene rings is 1. The van der Waals surface area contributed by atoms with Crippen LogP contribution in [0.4, 0.5) is 0 Å². The van der Waals surface area contributed by atoms with Gasteiger partial charge in [-0.15, -0.1) is 0 Å². The minimum Gasteiger partial charge on any atom is -0.492 e. The van der Waals surface area contributed by atoms with Gasteiger partial charge in [0.1, 0.15) is 12.4 Å². The van der Waals surface area contributed by atoms with Gasteiger partial charge >= 0.3 is 0 Å². The summed E-state index contributed by atoms with van der Waals surface area (Å²) >= 11 is 0. The van der Waals surface area contributed by atoms with Crippen molar-refractivity contribution in [2.24, 2.45) is 0 Å². The Morgan fingerprint density at radius 1 is 1.33 bits per heavy atom.